The molecule has 13 nitrogen and oxygen atoms in total. The predicted molar refractivity (Wildman–Crippen MR) is 127 cm³/mol. The van der Waals surface area contributed by atoms with Gasteiger partial charge in [0.2, 0.25) is 0 Å². The molecule has 1 aromatic rings. The van der Waals surface area contributed by atoms with Crippen molar-refractivity contribution in [1.29, 1.82) is 0 Å². The molecule has 0 radical (unpaired) electrons. The molecule has 0 aliphatic carbocycles. The van der Waals surface area contributed by atoms with Gasteiger partial charge in [-0.2, -0.15) is 0 Å². The molecule has 1 aromatic carbocycles. The number of alkyl halides is 1. The highest BCUT2D eigenvalue weighted by Gasteiger charge is 2.52. The number of benzene rings is 1. The van der Waals surface area contributed by atoms with Crippen LogP contribution in [0.3, 0.4) is 0 Å². The van der Waals surface area contributed by atoms with Crippen LogP contribution >= 0.6 is 11.6 Å². The second-order valence-electron chi connectivity index (χ2n) is 8.94. The van der Waals surface area contributed by atoms with Crippen LogP contribution in [0.25, 0.3) is 0 Å². The Kier molecular flexibility index (Phi) is 10.9. The molecule has 2 saturated heterocycles. The van der Waals surface area contributed by atoms with E-state index in [4.69, 9.17) is 25.8 Å². The molecule has 14 heteroatoms. The molecule has 2 aliphatic rings. The minimum atomic E-state index is -1.78. The molecule has 210 valence electrons. The monoisotopic (exact) mass is 550 g/mol. The maximum atomic E-state index is 13.1. The fourth-order valence-corrected chi connectivity index (χ4v) is 4.54. The molecule has 0 bridgehead atoms. The third-order valence-electron chi connectivity index (χ3n) is 6.56. The van der Waals surface area contributed by atoms with Gasteiger partial charge in [-0.3, -0.25) is 4.90 Å². The minimum Gasteiger partial charge on any atom is -0.394 e. The second kappa shape index (κ2) is 13.4. The van der Waals surface area contributed by atoms with Gasteiger partial charge in [0.05, 0.1) is 19.3 Å². The zero-order chi connectivity index (χ0) is 27.3. The Labute approximate surface area is 218 Å². The lowest BCUT2D eigenvalue weighted by molar-refractivity contribution is -0.348. The van der Waals surface area contributed by atoms with Gasteiger partial charge in [0, 0.05) is 12.4 Å². The number of halogens is 1. The first-order valence-corrected chi connectivity index (χ1v) is 12.4. The van der Waals surface area contributed by atoms with E-state index in [2.05, 4.69) is 5.32 Å². The van der Waals surface area contributed by atoms with Gasteiger partial charge in [-0.25, -0.2) is 4.79 Å². The van der Waals surface area contributed by atoms with Crippen LogP contribution in [0.5, 0.6) is 0 Å². The molecule has 2 fully saturated rings. The molecular formula is C23H35ClN2O11. The van der Waals surface area contributed by atoms with Crippen molar-refractivity contribution in [1.82, 2.24) is 10.2 Å². The summed E-state index contributed by atoms with van der Waals surface area (Å²) < 4.78 is 16.8. The number of carbonyl (C=O) groups excluding carboxylic acids is 1. The standard InChI is InChI=1S/C23H35ClN2O11/c1-11(12-5-3-2-4-6-12)26(23(34)25-8-7-24)21-18(32)17(31)20(14(10-28)35-21)37-22-19(33)16(30)15(29)13(9-27)36-22/h2-6,11,13-22,27-33H,7-10H2,1H3,(H,25,34)/t11?,13-,14-,15-,16+,17-,18-,19-,20-,21?,22-/m1/s1. The number of hydrogen-bond acceptors (Lipinski definition) is 11. The summed E-state index contributed by atoms with van der Waals surface area (Å²) in [5.74, 6) is 0.129. The maximum Gasteiger partial charge on any atom is 0.320 e. The first-order valence-electron chi connectivity index (χ1n) is 11.9. The molecule has 2 amide bonds. The van der Waals surface area contributed by atoms with Gasteiger partial charge in [0.1, 0.15) is 48.8 Å². The van der Waals surface area contributed by atoms with Crippen molar-refractivity contribution in [2.75, 3.05) is 25.6 Å². The van der Waals surface area contributed by atoms with Crippen molar-refractivity contribution >= 4 is 17.6 Å². The first-order chi connectivity index (χ1) is 17.7. The van der Waals surface area contributed by atoms with Crippen molar-refractivity contribution in [3.05, 3.63) is 35.9 Å². The van der Waals surface area contributed by atoms with Crippen molar-refractivity contribution in [3.63, 3.8) is 0 Å². The number of hydrogen-bond donors (Lipinski definition) is 8. The maximum absolute atomic E-state index is 13.1. The summed E-state index contributed by atoms with van der Waals surface area (Å²) in [7, 11) is 0. The number of nitrogens with one attached hydrogen (secondary N) is 1. The summed E-state index contributed by atoms with van der Waals surface area (Å²) in [6.07, 6.45) is -15.8. The van der Waals surface area contributed by atoms with Gasteiger partial charge < -0.3 is 55.3 Å². The number of carbonyl (C=O) groups is 1. The highest BCUT2D eigenvalue weighted by Crippen LogP contribution is 2.33. The predicted octanol–water partition coefficient (Wildman–Crippen LogP) is -2.38. The van der Waals surface area contributed by atoms with Crippen LogP contribution < -0.4 is 5.32 Å². The van der Waals surface area contributed by atoms with E-state index < -0.39 is 86.6 Å². The number of ether oxygens (including phenoxy) is 3. The first kappa shape index (κ1) is 29.9. The molecule has 2 heterocycles. The van der Waals surface area contributed by atoms with Crippen LogP contribution in [0.1, 0.15) is 18.5 Å². The third kappa shape index (κ3) is 6.52. The lowest BCUT2D eigenvalue weighted by Gasteiger charge is -2.49. The quantitative estimate of drug-likeness (QED) is 0.153. The van der Waals surface area contributed by atoms with Crippen molar-refractivity contribution in [2.24, 2.45) is 0 Å². The molecule has 0 aromatic heterocycles. The van der Waals surface area contributed by atoms with Gasteiger partial charge in [0.25, 0.3) is 0 Å². The summed E-state index contributed by atoms with van der Waals surface area (Å²) in [6.45, 7) is 0.393. The molecule has 0 spiro atoms. The van der Waals surface area contributed by atoms with Crippen LogP contribution in [0.15, 0.2) is 30.3 Å². The fraction of sp³-hybridized carbons (Fsp3) is 0.696. The molecule has 37 heavy (non-hydrogen) atoms. The minimum absolute atomic E-state index is 0.121. The van der Waals surface area contributed by atoms with E-state index >= 15 is 0 Å². The SMILES string of the molecule is CC(c1ccccc1)N(C(=O)NCCCl)C1O[C@H](CO)[C@@H](O[C@H]2O[C@H](CO)[C@@H](O)[C@H](O)[C@H]2O)[C@H](O)[C@H]1O. The van der Waals surface area contributed by atoms with Gasteiger partial charge >= 0.3 is 6.03 Å². The van der Waals surface area contributed by atoms with Gasteiger partial charge in [-0.05, 0) is 12.5 Å². The van der Waals surface area contributed by atoms with E-state index in [-0.39, 0.29) is 12.4 Å². The lowest BCUT2D eigenvalue weighted by atomic mass is 9.95. The number of rotatable bonds is 9. The molecule has 3 rings (SSSR count). The number of aliphatic hydroxyl groups excluding tert-OH is 7. The lowest BCUT2D eigenvalue weighted by Crippen LogP contribution is -2.67. The largest absolute Gasteiger partial charge is 0.394 e. The van der Waals surface area contributed by atoms with E-state index in [1.165, 1.54) is 4.90 Å². The van der Waals surface area contributed by atoms with Crippen molar-refractivity contribution < 1.29 is 54.8 Å². The highest BCUT2D eigenvalue weighted by atomic mass is 35.5. The van der Waals surface area contributed by atoms with Crippen LogP contribution in [0.4, 0.5) is 4.79 Å². The Balaban J connectivity index is 1.85. The zero-order valence-electron chi connectivity index (χ0n) is 20.2. The summed E-state index contributed by atoms with van der Waals surface area (Å²) in [6, 6.07) is 7.60. The fourth-order valence-electron chi connectivity index (χ4n) is 4.45. The highest BCUT2D eigenvalue weighted by molar-refractivity contribution is 6.18. The Morgan fingerprint density at radius 2 is 1.62 bits per heavy atom. The van der Waals surface area contributed by atoms with E-state index in [0.29, 0.717) is 5.56 Å². The van der Waals surface area contributed by atoms with Crippen molar-refractivity contribution in [2.45, 2.75) is 74.3 Å². The summed E-state index contributed by atoms with van der Waals surface area (Å²) >= 11 is 5.71. The van der Waals surface area contributed by atoms with E-state index in [1.807, 2.05) is 0 Å². The van der Waals surface area contributed by atoms with Gasteiger partial charge in [-0.1, -0.05) is 30.3 Å². The zero-order valence-corrected chi connectivity index (χ0v) is 20.9. The molecule has 8 N–H and O–H groups in total. The topological polar surface area (TPSA) is 202 Å². The number of urea groups is 1. The summed E-state index contributed by atoms with van der Waals surface area (Å²) in [5.41, 5.74) is 0.703. The molecule has 2 unspecified atom stereocenters. The Morgan fingerprint density at radius 1 is 0.973 bits per heavy atom. The average molecular weight is 551 g/mol. The van der Waals surface area contributed by atoms with Gasteiger partial charge in [0.15, 0.2) is 12.5 Å². The average Bonchev–Trinajstić information content (AvgIpc) is 2.91. The molecular weight excluding hydrogens is 516 g/mol. The Bertz CT molecular complexity index is 851. The van der Waals surface area contributed by atoms with E-state index in [0.717, 1.165) is 0 Å². The van der Waals surface area contributed by atoms with Crippen LogP contribution in [0.2, 0.25) is 0 Å². The van der Waals surface area contributed by atoms with Gasteiger partial charge in [-0.15, -0.1) is 11.6 Å². The normalized spacial score (nSPS) is 37.1. The van der Waals surface area contributed by atoms with E-state index in [9.17, 15) is 40.5 Å². The molecule has 11 atom stereocenters. The molecule has 2 aliphatic heterocycles. The summed E-state index contributed by atoms with van der Waals surface area (Å²) in [5, 5.41) is 74.3. The number of amides is 2. The molecule has 0 saturated carbocycles. The van der Waals surface area contributed by atoms with Crippen LogP contribution in [-0.2, 0) is 14.2 Å². The second-order valence-corrected chi connectivity index (χ2v) is 9.32. The third-order valence-corrected chi connectivity index (χ3v) is 6.75. The number of aliphatic hydroxyl groups is 7. The Morgan fingerprint density at radius 3 is 2.22 bits per heavy atom. The van der Waals surface area contributed by atoms with Crippen LogP contribution in [-0.4, -0.2) is 134 Å². The number of nitrogens with zero attached hydrogens (tertiary/aromatic N) is 1. The smallest absolute Gasteiger partial charge is 0.320 e. The van der Waals surface area contributed by atoms with Crippen molar-refractivity contribution in [3.8, 4) is 0 Å². The summed E-state index contributed by atoms with van der Waals surface area (Å²) in [4.78, 5) is 14.3. The van der Waals surface area contributed by atoms with Crippen LogP contribution in [0, 0.1) is 0 Å². The van der Waals surface area contributed by atoms with E-state index in [1.54, 1.807) is 37.3 Å². The Hall–Kier alpha value is -1.62.